The molecule has 2 rings (SSSR count). The molecule has 0 bridgehead atoms. The molecule has 0 saturated carbocycles. The number of aryl methyl sites for hydroxylation is 2. The molecule has 1 aromatic carbocycles. The summed E-state index contributed by atoms with van der Waals surface area (Å²) in [6.07, 6.45) is 7.47. The summed E-state index contributed by atoms with van der Waals surface area (Å²) >= 11 is 0. The lowest BCUT2D eigenvalue weighted by Gasteiger charge is -2.16. The number of rotatable bonds is 6. The molecule has 0 aliphatic heterocycles. The molecule has 1 aromatic heterocycles. The maximum atomic E-state index is 4.19. The summed E-state index contributed by atoms with van der Waals surface area (Å²) in [6.45, 7) is 0. The summed E-state index contributed by atoms with van der Waals surface area (Å²) in [4.78, 5) is 0. The summed E-state index contributed by atoms with van der Waals surface area (Å²) in [5, 5.41) is 7.58. The van der Waals surface area contributed by atoms with Crippen LogP contribution in [0.2, 0.25) is 0 Å². The van der Waals surface area contributed by atoms with Gasteiger partial charge >= 0.3 is 0 Å². The van der Waals surface area contributed by atoms with Gasteiger partial charge in [0, 0.05) is 19.3 Å². The Hall–Kier alpha value is -1.61. The van der Waals surface area contributed by atoms with Crippen molar-refractivity contribution in [2.75, 3.05) is 7.05 Å². The molecule has 2 aromatic rings. The van der Waals surface area contributed by atoms with Crippen LogP contribution in [-0.2, 0) is 13.5 Å². The summed E-state index contributed by atoms with van der Waals surface area (Å²) in [5.74, 6) is 0. The molecule has 0 amide bonds. The Balaban J connectivity index is 1.84. The Kier molecular flexibility index (Phi) is 4.53. The number of nitrogens with one attached hydrogen (secondary N) is 1. The normalized spacial score (nSPS) is 12.6. The van der Waals surface area contributed by atoms with E-state index in [1.807, 2.05) is 25.0 Å². The van der Waals surface area contributed by atoms with E-state index in [2.05, 4.69) is 46.9 Å². The maximum absolute atomic E-state index is 4.19. The minimum atomic E-state index is 0.447. The highest BCUT2D eigenvalue weighted by molar-refractivity contribution is 5.18. The lowest BCUT2D eigenvalue weighted by molar-refractivity contribution is 0.527. The van der Waals surface area contributed by atoms with Gasteiger partial charge < -0.3 is 5.32 Å². The van der Waals surface area contributed by atoms with E-state index in [4.69, 9.17) is 0 Å². The zero-order valence-electron chi connectivity index (χ0n) is 11.1. The molecule has 3 heteroatoms. The van der Waals surface area contributed by atoms with Gasteiger partial charge in [0.2, 0.25) is 0 Å². The van der Waals surface area contributed by atoms with Crippen molar-refractivity contribution in [2.45, 2.75) is 25.3 Å². The second-order valence-electron chi connectivity index (χ2n) is 4.67. The van der Waals surface area contributed by atoms with E-state index in [1.165, 1.54) is 17.5 Å². The molecular formula is C15H21N3. The fraction of sp³-hybridized carbons (Fsp3) is 0.400. The first-order valence-electron chi connectivity index (χ1n) is 6.49. The number of benzene rings is 1. The zero-order valence-corrected chi connectivity index (χ0v) is 11.1. The molecule has 0 radical (unpaired) electrons. The third-order valence-corrected chi connectivity index (χ3v) is 3.27. The molecule has 0 aliphatic carbocycles. The largest absolute Gasteiger partial charge is 0.313 e. The molecule has 0 aliphatic rings. The molecule has 3 nitrogen and oxygen atoms in total. The van der Waals surface area contributed by atoms with E-state index in [0.717, 1.165) is 12.8 Å². The first-order valence-corrected chi connectivity index (χ1v) is 6.49. The first-order chi connectivity index (χ1) is 8.79. The van der Waals surface area contributed by atoms with Gasteiger partial charge in [-0.2, -0.15) is 5.10 Å². The predicted molar refractivity (Wildman–Crippen MR) is 74.4 cm³/mol. The Labute approximate surface area is 109 Å². The van der Waals surface area contributed by atoms with E-state index in [1.54, 1.807) is 0 Å². The number of nitrogens with zero attached hydrogens (tertiary/aromatic N) is 2. The second-order valence-corrected chi connectivity index (χ2v) is 4.67. The lowest BCUT2D eigenvalue weighted by Crippen LogP contribution is -2.16. The molecule has 1 N–H and O–H groups in total. The van der Waals surface area contributed by atoms with Crippen LogP contribution in [0.25, 0.3) is 0 Å². The van der Waals surface area contributed by atoms with Crippen LogP contribution in [0, 0.1) is 0 Å². The topological polar surface area (TPSA) is 29.9 Å². The molecule has 0 spiro atoms. The van der Waals surface area contributed by atoms with E-state index >= 15 is 0 Å². The molecule has 1 heterocycles. The third-order valence-electron chi connectivity index (χ3n) is 3.27. The quantitative estimate of drug-likeness (QED) is 0.845. The highest BCUT2D eigenvalue weighted by Crippen LogP contribution is 2.18. The molecule has 1 atom stereocenters. The van der Waals surface area contributed by atoms with Gasteiger partial charge in [0.05, 0.1) is 6.20 Å². The number of aromatic nitrogens is 2. The molecule has 0 fully saturated rings. The van der Waals surface area contributed by atoms with Crippen molar-refractivity contribution in [1.82, 2.24) is 15.1 Å². The fourth-order valence-electron chi connectivity index (χ4n) is 2.27. The van der Waals surface area contributed by atoms with Gasteiger partial charge in [-0.05, 0) is 37.4 Å². The van der Waals surface area contributed by atoms with Crippen LogP contribution in [0.3, 0.4) is 0 Å². The lowest BCUT2D eigenvalue weighted by atomic mass is 10.0. The van der Waals surface area contributed by atoms with Gasteiger partial charge in [-0.25, -0.2) is 0 Å². The van der Waals surface area contributed by atoms with Crippen LogP contribution in [0.4, 0.5) is 0 Å². The summed E-state index contributed by atoms with van der Waals surface area (Å²) < 4.78 is 1.86. The van der Waals surface area contributed by atoms with Gasteiger partial charge in [0.15, 0.2) is 0 Å². The monoisotopic (exact) mass is 243 g/mol. The van der Waals surface area contributed by atoms with Crippen LogP contribution in [-0.4, -0.2) is 16.8 Å². The van der Waals surface area contributed by atoms with Crippen molar-refractivity contribution in [3.63, 3.8) is 0 Å². The highest BCUT2D eigenvalue weighted by atomic mass is 15.2. The molecule has 0 saturated heterocycles. The van der Waals surface area contributed by atoms with Gasteiger partial charge in [-0.1, -0.05) is 30.3 Å². The fourth-order valence-corrected chi connectivity index (χ4v) is 2.27. The Morgan fingerprint density at radius 1 is 1.28 bits per heavy atom. The predicted octanol–water partition coefficient (Wildman–Crippen LogP) is 2.70. The first kappa shape index (κ1) is 12.8. The van der Waals surface area contributed by atoms with Gasteiger partial charge in [-0.15, -0.1) is 0 Å². The molecular weight excluding hydrogens is 222 g/mol. The molecule has 18 heavy (non-hydrogen) atoms. The minimum Gasteiger partial charge on any atom is -0.313 e. The van der Waals surface area contributed by atoms with Crippen molar-refractivity contribution >= 4 is 0 Å². The van der Waals surface area contributed by atoms with Crippen LogP contribution < -0.4 is 5.32 Å². The second kappa shape index (κ2) is 6.36. The van der Waals surface area contributed by atoms with Crippen molar-refractivity contribution in [3.8, 4) is 0 Å². The SMILES string of the molecule is CNC(CCCc1cnn(C)c1)c1ccccc1. The zero-order chi connectivity index (χ0) is 12.8. The average molecular weight is 243 g/mol. The van der Waals surface area contributed by atoms with Crippen LogP contribution in [0.15, 0.2) is 42.7 Å². The van der Waals surface area contributed by atoms with Gasteiger partial charge in [0.25, 0.3) is 0 Å². The Morgan fingerprint density at radius 2 is 2.06 bits per heavy atom. The standard InChI is InChI=1S/C15H21N3/c1-16-15(14-8-4-3-5-9-14)10-6-7-13-11-17-18(2)12-13/h3-5,8-9,11-12,15-16H,6-7,10H2,1-2H3. The molecule has 96 valence electrons. The highest BCUT2D eigenvalue weighted by Gasteiger charge is 2.08. The van der Waals surface area contributed by atoms with Crippen LogP contribution in [0.1, 0.15) is 30.0 Å². The van der Waals surface area contributed by atoms with E-state index < -0.39 is 0 Å². The third kappa shape index (κ3) is 3.44. The van der Waals surface area contributed by atoms with Crippen molar-refractivity contribution in [3.05, 3.63) is 53.9 Å². The van der Waals surface area contributed by atoms with E-state index in [0.29, 0.717) is 6.04 Å². The van der Waals surface area contributed by atoms with Gasteiger partial charge in [0.1, 0.15) is 0 Å². The van der Waals surface area contributed by atoms with E-state index in [9.17, 15) is 0 Å². The van der Waals surface area contributed by atoms with Crippen molar-refractivity contribution in [1.29, 1.82) is 0 Å². The summed E-state index contributed by atoms with van der Waals surface area (Å²) in [6, 6.07) is 11.1. The minimum absolute atomic E-state index is 0.447. The smallest absolute Gasteiger partial charge is 0.0521 e. The van der Waals surface area contributed by atoms with Gasteiger partial charge in [-0.3, -0.25) is 4.68 Å². The van der Waals surface area contributed by atoms with Crippen molar-refractivity contribution in [2.24, 2.45) is 7.05 Å². The van der Waals surface area contributed by atoms with Crippen LogP contribution >= 0.6 is 0 Å². The van der Waals surface area contributed by atoms with Crippen molar-refractivity contribution < 1.29 is 0 Å². The average Bonchev–Trinajstić information content (AvgIpc) is 2.81. The Morgan fingerprint density at radius 3 is 2.67 bits per heavy atom. The maximum Gasteiger partial charge on any atom is 0.0521 e. The Bertz CT molecular complexity index is 462. The summed E-state index contributed by atoms with van der Waals surface area (Å²) in [5.41, 5.74) is 2.69. The van der Waals surface area contributed by atoms with E-state index in [-0.39, 0.29) is 0 Å². The van der Waals surface area contributed by atoms with Crippen LogP contribution in [0.5, 0.6) is 0 Å². The summed E-state index contributed by atoms with van der Waals surface area (Å²) in [7, 11) is 3.99. The molecule has 1 unspecified atom stereocenters. The number of hydrogen-bond donors (Lipinski definition) is 1. The number of hydrogen-bond acceptors (Lipinski definition) is 2.